The van der Waals surface area contributed by atoms with E-state index in [9.17, 15) is 18.0 Å². The Morgan fingerprint density at radius 2 is 1.83 bits per heavy atom. The van der Waals surface area contributed by atoms with Gasteiger partial charge in [0.1, 0.15) is 0 Å². The van der Waals surface area contributed by atoms with Crippen LogP contribution in [0.4, 0.5) is 0 Å². The minimum Gasteiger partial charge on any atom is -0.348 e. The third-order valence-corrected chi connectivity index (χ3v) is 5.19. The molecule has 2 amide bonds. The van der Waals surface area contributed by atoms with E-state index in [0.29, 0.717) is 5.56 Å². The standard InChI is InChI=1S/C16H18N2O4S2/c1-11(12-3-5-14(6-4-12)24(2,21)22)18-15(19)9-17-16(20)13-7-8-23-10-13/h3-8,10-11H,9H2,1-2H3,(H,17,20)(H,18,19). The van der Waals surface area contributed by atoms with Crippen molar-refractivity contribution in [3.63, 3.8) is 0 Å². The zero-order valence-corrected chi connectivity index (χ0v) is 14.9. The number of hydrogen-bond acceptors (Lipinski definition) is 5. The zero-order valence-electron chi connectivity index (χ0n) is 13.3. The molecule has 1 aromatic carbocycles. The molecule has 2 rings (SSSR count). The van der Waals surface area contributed by atoms with Crippen LogP contribution in [0.25, 0.3) is 0 Å². The van der Waals surface area contributed by atoms with Crippen molar-refractivity contribution in [2.75, 3.05) is 12.8 Å². The molecule has 0 spiro atoms. The third-order valence-electron chi connectivity index (χ3n) is 3.38. The highest BCUT2D eigenvalue weighted by molar-refractivity contribution is 7.90. The minimum atomic E-state index is -3.24. The molecule has 1 aromatic heterocycles. The summed E-state index contributed by atoms with van der Waals surface area (Å²) >= 11 is 1.41. The Balaban J connectivity index is 1.88. The number of rotatable bonds is 6. The van der Waals surface area contributed by atoms with E-state index in [1.165, 1.54) is 23.5 Å². The Kier molecular flexibility index (Phi) is 5.74. The fraction of sp³-hybridized carbons (Fsp3) is 0.250. The van der Waals surface area contributed by atoms with Crippen molar-refractivity contribution in [1.82, 2.24) is 10.6 Å². The Labute approximate surface area is 144 Å². The molecule has 1 heterocycles. The van der Waals surface area contributed by atoms with Gasteiger partial charge in [-0.1, -0.05) is 12.1 Å². The van der Waals surface area contributed by atoms with Gasteiger partial charge in [-0.3, -0.25) is 9.59 Å². The highest BCUT2D eigenvalue weighted by Crippen LogP contribution is 2.16. The minimum absolute atomic E-state index is 0.125. The molecule has 0 aliphatic heterocycles. The van der Waals surface area contributed by atoms with E-state index in [4.69, 9.17) is 0 Å². The second-order valence-electron chi connectivity index (χ2n) is 5.33. The van der Waals surface area contributed by atoms with Crippen molar-refractivity contribution >= 4 is 33.0 Å². The van der Waals surface area contributed by atoms with Gasteiger partial charge in [0, 0.05) is 17.2 Å². The summed E-state index contributed by atoms with van der Waals surface area (Å²) in [5, 5.41) is 8.80. The molecule has 2 aromatic rings. The summed E-state index contributed by atoms with van der Waals surface area (Å²) in [5.41, 5.74) is 1.30. The van der Waals surface area contributed by atoms with Gasteiger partial charge in [0.15, 0.2) is 9.84 Å². The molecule has 2 N–H and O–H groups in total. The Morgan fingerprint density at radius 1 is 1.17 bits per heavy atom. The van der Waals surface area contributed by atoms with Crippen LogP contribution in [0.2, 0.25) is 0 Å². The van der Waals surface area contributed by atoms with Crippen LogP contribution in [-0.4, -0.2) is 33.0 Å². The summed E-state index contributed by atoms with van der Waals surface area (Å²) in [6, 6.07) is 7.71. The molecule has 1 unspecified atom stereocenters. The molecule has 0 bridgehead atoms. The first-order valence-electron chi connectivity index (χ1n) is 7.17. The first-order valence-corrected chi connectivity index (χ1v) is 10.0. The highest BCUT2D eigenvalue weighted by Gasteiger charge is 2.13. The van der Waals surface area contributed by atoms with Gasteiger partial charge in [0.05, 0.1) is 17.5 Å². The zero-order chi connectivity index (χ0) is 17.7. The normalized spacial score (nSPS) is 12.4. The number of carbonyl (C=O) groups is 2. The maximum Gasteiger partial charge on any atom is 0.252 e. The van der Waals surface area contributed by atoms with E-state index in [1.54, 1.807) is 35.9 Å². The number of amides is 2. The molecule has 0 aliphatic rings. The number of benzene rings is 1. The smallest absolute Gasteiger partial charge is 0.252 e. The maximum atomic E-state index is 11.9. The fourth-order valence-electron chi connectivity index (χ4n) is 2.04. The molecule has 6 nitrogen and oxygen atoms in total. The Hall–Kier alpha value is -2.19. The van der Waals surface area contributed by atoms with Crippen LogP contribution in [0.1, 0.15) is 28.9 Å². The molecule has 1 atom stereocenters. The molecule has 8 heteroatoms. The van der Waals surface area contributed by atoms with E-state index in [1.807, 2.05) is 0 Å². The molecule has 0 fully saturated rings. The van der Waals surface area contributed by atoms with Crippen molar-refractivity contribution in [2.45, 2.75) is 17.9 Å². The second-order valence-corrected chi connectivity index (χ2v) is 8.12. The van der Waals surface area contributed by atoms with E-state index in [2.05, 4.69) is 10.6 Å². The summed E-state index contributed by atoms with van der Waals surface area (Å²) in [4.78, 5) is 23.9. The number of carbonyl (C=O) groups excluding carboxylic acids is 2. The van der Waals surface area contributed by atoms with Crippen LogP contribution in [0, 0.1) is 0 Å². The Morgan fingerprint density at radius 3 is 2.38 bits per heavy atom. The molecule has 0 radical (unpaired) electrons. The SMILES string of the molecule is CC(NC(=O)CNC(=O)c1ccsc1)c1ccc(S(C)(=O)=O)cc1. The lowest BCUT2D eigenvalue weighted by molar-refractivity contribution is -0.120. The quantitative estimate of drug-likeness (QED) is 0.815. The van der Waals surface area contributed by atoms with Crippen molar-refractivity contribution in [3.05, 3.63) is 52.2 Å². The van der Waals surface area contributed by atoms with Crippen molar-refractivity contribution in [1.29, 1.82) is 0 Å². The predicted octanol–water partition coefficient (Wildman–Crippen LogP) is 1.76. The summed E-state index contributed by atoms with van der Waals surface area (Å²) in [7, 11) is -3.24. The van der Waals surface area contributed by atoms with Crippen LogP contribution in [0.15, 0.2) is 46.0 Å². The van der Waals surface area contributed by atoms with E-state index >= 15 is 0 Å². The Bertz CT molecular complexity index is 812. The van der Waals surface area contributed by atoms with Crippen molar-refractivity contribution < 1.29 is 18.0 Å². The third kappa shape index (κ3) is 4.90. The summed E-state index contributed by atoms with van der Waals surface area (Å²) in [6.07, 6.45) is 1.14. The summed E-state index contributed by atoms with van der Waals surface area (Å²) in [6.45, 7) is 1.66. The predicted molar refractivity (Wildman–Crippen MR) is 92.8 cm³/mol. The molecule has 0 aliphatic carbocycles. The van der Waals surface area contributed by atoms with Gasteiger partial charge in [0.2, 0.25) is 5.91 Å². The second kappa shape index (κ2) is 7.59. The first-order chi connectivity index (χ1) is 11.3. The van der Waals surface area contributed by atoms with Crippen LogP contribution < -0.4 is 10.6 Å². The molecule has 0 saturated carbocycles. The summed E-state index contributed by atoms with van der Waals surface area (Å²) < 4.78 is 22.9. The molecule has 128 valence electrons. The van der Waals surface area contributed by atoms with Gasteiger partial charge in [0.25, 0.3) is 5.91 Å². The van der Waals surface area contributed by atoms with E-state index in [-0.39, 0.29) is 29.3 Å². The van der Waals surface area contributed by atoms with Crippen molar-refractivity contribution in [3.8, 4) is 0 Å². The van der Waals surface area contributed by atoms with E-state index < -0.39 is 9.84 Å². The van der Waals surface area contributed by atoms with Crippen LogP contribution >= 0.6 is 11.3 Å². The van der Waals surface area contributed by atoms with Gasteiger partial charge in [-0.05, 0) is 36.1 Å². The fourth-order valence-corrected chi connectivity index (χ4v) is 3.30. The van der Waals surface area contributed by atoms with Crippen LogP contribution in [0.5, 0.6) is 0 Å². The van der Waals surface area contributed by atoms with Gasteiger partial charge in [-0.25, -0.2) is 8.42 Å². The lowest BCUT2D eigenvalue weighted by Crippen LogP contribution is -2.37. The monoisotopic (exact) mass is 366 g/mol. The van der Waals surface area contributed by atoms with Gasteiger partial charge in [-0.2, -0.15) is 11.3 Å². The first kappa shape index (κ1) is 18.2. The van der Waals surface area contributed by atoms with Gasteiger partial charge < -0.3 is 10.6 Å². The van der Waals surface area contributed by atoms with Gasteiger partial charge in [-0.15, -0.1) is 0 Å². The number of hydrogen-bond donors (Lipinski definition) is 2. The summed E-state index contributed by atoms with van der Waals surface area (Å²) in [5.74, 6) is -0.616. The van der Waals surface area contributed by atoms with E-state index in [0.717, 1.165) is 11.8 Å². The lowest BCUT2D eigenvalue weighted by atomic mass is 10.1. The molecule has 0 saturated heterocycles. The highest BCUT2D eigenvalue weighted by atomic mass is 32.2. The molecular formula is C16H18N2O4S2. The molecule has 24 heavy (non-hydrogen) atoms. The average Bonchev–Trinajstić information content (AvgIpc) is 3.06. The van der Waals surface area contributed by atoms with Crippen LogP contribution in [-0.2, 0) is 14.6 Å². The van der Waals surface area contributed by atoms with Crippen LogP contribution in [0.3, 0.4) is 0 Å². The maximum absolute atomic E-state index is 11.9. The lowest BCUT2D eigenvalue weighted by Gasteiger charge is -2.15. The molecular weight excluding hydrogens is 348 g/mol. The largest absolute Gasteiger partial charge is 0.348 e. The van der Waals surface area contributed by atoms with Gasteiger partial charge >= 0.3 is 0 Å². The number of sulfone groups is 1. The topological polar surface area (TPSA) is 92.3 Å². The van der Waals surface area contributed by atoms with Crippen molar-refractivity contribution in [2.24, 2.45) is 0 Å². The average molecular weight is 366 g/mol. The number of thiophene rings is 1. The number of nitrogens with one attached hydrogen (secondary N) is 2.